The van der Waals surface area contributed by atoms with Crippen molar-refractivity contribution in [2.75, 3.05) is 13.1 Å². The maximum absolute atomic E-state index is 6.81. The van der Waals surface area contributed by atoms with Crippen molar-refractivity contribution < 1.29 is 4.43 Å². The summed E-state index contributed by atoms with van der Waals surface area (Å²) < 4.78 is 6.81. The van der Waals surface area contributed by atoms with E-state index in [1.807, 2.05) is 0 Å². The van der Waals surface area contributed by atoms with Crippen LogP contribution in [0.25, 0.3) is 0 Å². The average Bonchev–Trinajstić information content (AvgIpc) is 2.61. The van der Waals surface area contributed by atoms with Gasteiger partial charge in [-0.25, -0.2) is 0 Å². The lowest BCUT2D eigenvalue weighted by atomic mass is 9.67. The van der Waals surface area contributed by atoms with E-state index in [1.165, 1.54) is 25.7 Å². The monoisotopic (exact) mass is 416 g/mol. The van der Waals surface area contributed by atoms with E-state index in [0.29, 0.717) is 15.5 Å². The van der Waals surface area contributed by atoms with Gasteiger partial charge in [-0.15, -0.1) is 0 Å². The van der Waals surface area contributed by atoms with Crippen molar-refractivity contribution in [1.82, 2.24) is 10.3 Å². The molecule has 0 radical (unpaired) electrons. The predicted molar refractivity (Wildman–Crippen MR) is 115 cm³/mol. The van der Waals surface area contributed by atoms with E-state index in [0.717, 1.165) is 36.8 Å². The lowest BCUT2D eigenvalue weighted by Crippen LogP contribution is -2.43. The number of halogens is 2. The van der Waals surface area contributed by atoms with E-state index in [2.05, 4.69) is 38.0 Å². The lowest BCUT2D eigenvalue weighted by molar-refractivity contribution is 0.113. The van der Waals surface area contributed by atoms with E-state index >= 15 is 0 Å². The molecular formula is C20H34Cl2N2OSi. The fraction of sp³-hybridized carbons (Fsp3) is 0.750. The molecule has 0 aliphatic heterocycles. The van der Waals surface area contributed by atoms with Crippen molar-refractivity contribution in [2.24, 2.45) is 5.41 Å². The van der Waals surface area contributed by atoms with Crippen LogP contribution in [-0.4, -0.2) is 26.4 Å². The Morgan fingerprint density at radius 3 is 2.12 bits per heavy atom. The number of aromatic nitrogens is 1. The van der Waals surface area contributed by atoms with Crippen molar-refractivity contribution in [3.8, 4) is 0 Å². The molecule has 1 aromatic heterocycles. The van der Waals surface area contributed by atoms with Crippen LogP contribution in [0.4, 0.5) is 0 Å². The molecule has 1 aliphatic carbocycles. The molecule has 148 valence electrons. The summed E-state index contributed by atoms with van der Waals surface area (Å²) in [5, 5.41) is 4.89. The maximum Gasteiger partial charge on any atom is 0.192 e. The molecule has 0 saturated heterocycles. The van der Waals surface area contributed by atoms with Crippen LogP contribution in [0.3, 0.4) is 0 Å². The van der Waals surface area contributed by atoms with E-state index in [9.17, 15) is 0 Å². The minimum atomic E-state index is -1.79. The summed E-state index contributed by atoms with van der Waals surface area (Å²) in [5.74, 6) is 0. The molecule has 1 heterocycles. The van der Waals surface area contributed by atoms with Gasteiger partial charge in [0, 0.05) is 31.0 Å². The molecule has 0 bridgehead atoms. The summed E-state index contributed by atoms with van der Waals surface area (Å²) in [6.07, 6.45) is 8.48. The minimum absolute atomic E-state index is 0.113. The molecule has 3 nitrogen and oxygen atoms in total. The van der Waals surface area contributed by atoms with E-state index < -0.39 is 8.32 Å². The number of rotatable bonds is 11. The summed E-state index contributed by atoms with van der Waals surface area (Å²) in [5.41, 5.74) is 1.37. The molecule has 26 heavy (non-hydrogen) atoms. The Morgan fingerprint density at radius 1 is 1.12 bits per heavy atom. The highest BCUT2D eigenvalue weighted by Crippen LogP contribution is 2.43. The zero-order chi connectivity index (χ0) is 19.2. The van der Waals surface area contributed by atoms with Crippen LogP contribution in [0.2, 0.25) is 28.2 Å². The molecule has 1 N–H and O–H groups in total. The molecular weight excluding hydrogens is 383 g/mol. The molecule has 0 spiro atoms. The SMILES string of the molecule is CCC1(CNCC(O[Si](CC)(CC)CC)c2c(Cl)cncc2Cl)CCC1. The Hall–Kier alpha value is -0.133. The standard InChI is InChI=1S/C20H34Cl2N2OSi/c1-5-20(10-9-11-20)15-24-14-18(25-26(6-2,7-3)8-4)19-16(21)12-23-13-17(19)22/h12-13,18,24H,5-11,14-15H2,1-4H3. The van der Waals surface area contributed by atoms with Gasteiger partial charge in [-0.2, -0.15) is 0 Å². The van der Waals surface area contributed by atoms with Crippen LogP contribution < -0.4 is 5.32 Å². The van der Waals surface area contributed by atoms with E-state index in [4.69, 9.17) is 27.6 Å². The van der Waals surface area contributed by atoms with Gasteiger partial charge in [0.25, 0.3) is 0 Å². The Labute approximate surface area is 170 Å². The summed E-state index contributed by atoms with van der Waals surface area (Å²) in [6.45, 7) is 10.8. The zero-order valence-corrected chi connectivity index (χ0v) is 19.2. The number of hydrogen-bond donors (Lipinski definition) is 1. The first-order chi connectivity index (χ1) is 12.4. The molecule has 1 atom stereocenters. The van der Waals surface area contributed by atoms with Crippen molar-refractivity contribution in [3.05, 3.63) is 28.0 Å². The topological polar surface area (TPSA) is 34.1 Å². The minimum Gasteiger partial charge on any atom is -0.409 e. The Balaban J connectivity index is 2.18. The van der Waals surface area contributed by atoms with Gasteiger partial charge in [0.05, 0.1) is 16.1 Å². The maximum atomic E-state index is 6.81. The Kier molecular flexibility index (Phi) is 8.42. The highest BCUT2D eigenvalue weighted by Gasteiger charge is 2.36. The number of pyridine rings is 1. The fourth-order valence-electron chi connectivity index (χ4n) is 4.03. The van der Waals surface area contributed by atoms with Crippen LogP contribution in [0, 0.1) is 5.41 Å². The number of nitrogens with zero attached hydrogens (tertiary/aromatic N) is 1. The third-order valence-corrected chi connectivity index (χ3v) is 11.8. The van der Waals surface area contributed by atoms with Gasteiger partial charge in [-0.3, -0.25) is 4.98 Å². The molecule has 1 saturated carbocycles. The molecule has 1 aliphatic rings. The van der Waals surface area contributed by atoms with Crippen LogP contribution in [0.1, 0.15) is 65.0 Å². The highest BCUT2D eigenvalue weighted by molar-refractivity contribution is 6.73. The third-order valence-electron chi connectivity index (χ3n) is 6.53. The molecule has 2 rings (SSSR count). The smallest absolute Gasteiger partial charge is 0.192 e. The van der Waals surface area contributed by atoms with Gasteiger partial charge in [0.2, 0.25) is 0 Å². The van der Waals surface area contributed by atoms with Crippen molar-refractivity contribution in [3.63, 3.8) is 0 Å². The molecule has 1 unspecified atom stereocenters. The van der Waals surface area contributed by atoms with Crippen LogP contribution in [0.5, 0.6) is 0 Å². The molecule has 0 aromatic carbocycles. The molecule has 1 aromatic rings. The van der Waals surface area contributed by atoms with Gasteiger partial charge in [0.15, 0.2) is 8.32 Å². The molecule has 6 heteroatoms. The first-order valence-corrected chi connectivity index (χ1v) is 13.4. The first-order valence-electron chi connectivity index (χ1n) is 10.1. The largest absolute Gasteiger partial charge is 0.409 e. The molecule has 1 fully saturated rings. The number of nitrogens with one attached hydrogen (secondary N) is 1. The van der Waals surface area contributed by atoms with Crippen LogP contribution in [-0.2, 0) is 4.43 Å². The average molecular weight is 417 g/mol. The normalized spacial score (nSPS) is 17.8. The highest BCUT2D eigenvalue weighted by atomic mass is 35.5. The van der Waals surface area contributed by atoms with Gasteiger partial charge in [-0.05, 0) is 42.8 Å². The van der Waals surface area contributed by atoms with Crippen molar-refractivity contribution >= 4 is 31.5 Å². The summed E-state index contributed by atoms with van der Waals surface area (Å²) in [4.78, 5) is 4.11. The molecule has 0 amide bonds. The fourth-order valence-corrected chi connectivity index (χ4v) is 7.45. The lowest BCUT2D eigenvalue weighted by Gasteiger charge is -2.42. The van der Waals surface area contributed by atoms with E-state index in [1.54, 1.807) is 12.4 Å². The second kappa shape index (κ2) is 9.88. The van der Waals surface area contributed by atoms with Gasteiger partial charge < -0.3 is 9.74 Å². The first kappa shape index (κ1) is 22.2. The van der Waals surface area contributed by atoms with Crippen LogP contribution in [0.15, 0.2) is 12.4 Å². The third kappa shape index (κ3) is 5.02. The number of hydrogen-bond acceptors (Lipinski definition) is 3. The zero-order valence-electron chi connectivity index (χ0n) is 16.7. The van der Waals surface area contributed by atoms with Gasteiger partial charge in [0.1, 0.15) is 0 Å². The Morgan fingerprint density at radius 2 is 1.69 bits per heavy atom. The second-order valence-corrected chi connectivity index (χ2v) is 13.2. The van der Waals surface area contributed by atoms with Crippen LogP contribution >= 0.6 is 23.2 Å². The van der Waals surface area contributed by atoms with Gasteiger partial charge in [-0.1, -0.05) is 57.3 Å². The predicted octanol–water partition coefficient (Wildman–Crippen LogP) is 6.62. The van der Waals surface area contributed by atoms with Gasteiger partial charge >= 0.3 is 0 Å². The summed E-state index contributed by atoms with van der Waals surface area (Å²) in [6, 6.07) is 3.32. The quantitative estimate of drug-likeness (QED) is 0.411. The second-order valence-electron chi connectivity index (χ2n) is 7.70. The van der Waals surface area contributed by atoms with Crippen molar-refractivity contribution in [1.29, 1.82) is 0 Å². The van der Waals surface area contributed by atoms with E-state index in [-0.39, 0.29) is 6.10 Å². The summed E-state index contributed by atoms with van der Waals surface area (Å²) >= 11 is 13.0. The summed E-state index contributed by atoms with van der Waals surface area (Å²) in [7, 11) is -1.79. The Bertz CT molecular complexity index is 543. The van der Waals surface area contributed by atoms with Crippen molar-refractivity contribution in [2.45, 2.75) is 77.6 Å².